The maximum Gasteiger partial charge on any atom is 0.307 e. The molecule has 0 aliphatic carbocycles. The number of carbonyl (C=O) groups excluding carboxylic acids is 2. The van der Waals surface area contributed by atoms with E-state index in [1.54, 1.807) is 4.90 Å². The maximum atomic E-state index is 12.5. The van der Waals surface area contributed by atoms with E-state index in [-0.39, 0.29) is 42.1 Å². The molecule has 6 nitrogen and oxygen atoms in total. The zero-order valence-corrected chi connectivity index (χ0v) is 12.6. The van der Waals surface area contributed by atoms with Crippen LogP contribution in [0.3, 0.4) is 0 Å². The van der Waals surface area contributed by atoms with Crippen LogP contribution in [0.25, 0.3) is 0 Å². The van der Waals surface area contributed by atoms with Crippen LogP contribution in [0.4, 0.5) is 5.69 Å². The largest absolute Gasteiger partial charge is 0.508 e. The average Bonchev–Trinajstić information content (AvgIpc) is 2.44. The Balaban J connectivity index is 2.93. The molecule has 1 rings (SSSR count). The van der Waals surface area contributed by atoms with Crippen molar-refractivity contribution in [3.63, 3.8) is 0 Å². The molecule has 21 heavy (non-hydrogen) atoms. The Morgan fingerprint density at radius 2 is 2.05 bits per heavy atom. The first-order valence-electron chi connectivity index (χ1n) is 6.79. The summed E-state index contributed by atoms with van der Waals surface area (Å²) in [5, 5.41) is 9.51. The van der Waals surface area contributed by atoms with Crippen molar-refractivity contribution in [2.45, 2.75) is 20.3 Å². The summed E-state index contributed by atoms with van der Waals surface area (Å²) in [4.78, 5) is 25.3. The molecule has 1 aromatic rings. The Morgan fingerprint density at radius 1 is 1.38 bits per heavy atom. The monoisotopic (exact) mass is 294 g/mol. The van der Waals surface area contributed by atoms with Crippen LogP contribution in [0.5, 0.6) is 5.75 Å². The lowest BCUT2D eigenvalue weighted by molar-refractivity contribution is -0.140. The van der Waals surface area contributed by atoms with Gasteiger partial charge in [0.1, 0.15) is 5.75 Å². The molecule has 0 fully saturated rings. The molecular formula is C15H22N2O4. The van der Waals surface area contributed by atoms with Gasteiger partial charge in [0.2, 0.25) is 0 Å². The minimum absolute atomic E-state index is 0.0231. The van der Waals surface area contributed by atoms with Crippen LogP contribution in [0, 0.1) is 5.92 Å². The first-order valence-corrected chi connectivity index (χ1v) is 6.79. The van der Waals surface area contributed by atoms with E-state index in [0.717, 1.165) is 0 Å². The molecule has 0 saturated heterocycles. The van der Waals surface area contributed by atoms with Gasteiger partial charge in [0.05, 0.1) is 19.1 Å². The number of nitrogens with zero attached hydrogens (tertiary/aromatic N) is 1. The smallest absolute Gasteiger partial charge is 0.307 e. The van der Waals surface area contributed by atoms with Crippen molar-refractivity contribution >= 4 is 17.6 Å². The van der Waals surface area contributed by atoms with Gasteiger partial charge in [-0.15, -0.1) is 0 Å². The van der Waals surface area contributed by atoms with Gasteiger partial charge >= 0.3 is 5.97 Å². The number of rotatable bonds is 6. The van der Waals surface area contributed by atoms with E-state index in [1.165, 1.54) is 25.3 Å². The molecule has 0 saturated carbocycles. The summed E-state index contributed by atoms with van der Waals surface area (Å²) in [5.41, 5.74) is 6.32. The Kier molecular flexibility index (Phi) is 6.02. The zero-order valence-electron chi connectivity index (χ0n) is 12.6. The number of nitrogens with two attached hydrogens (primary N) is 1. The van der Waals surface area contributed by atoms with Crippen molar-refractivity contribution < 1.29 is 19.4 Å². The van der Waals surface area contributed by atoms with Gasteiger partial charge in [0.15, 0.2) is 0 Å². The highest BCUT2D eigenvalue weighted by atomic mass is 16.5. The Bertz CT molecular complexity index is 514. The summed E-state index contributed by atoms with van der Waals surface area (Å²) in [6, 6.07) is 4.24. The van der Waals surface area contributed by atoms with Gasteiger partial charge in [0, 0.05) is 18.8 Å². The van der Waals surface area contributed by atoms with E-state index < -0.39 is 0 Å². The molecule has 0 aliphatic heterocycles. The van der Waals surface area contributed by atoms with E-state index in [1.807, 2.05) is 13.8 Å². The summed E-state index contributed by atoms with van der Waals surface area (Å²) in [6.45, 7) is 4.69. The number of hydrogen-bond acceptors (Lipinski definition) is 5. The van der Waals surface area contributed by atoms with Gasteiger partial charge in [-0.05, 0) is 24.1 Å². The fourth-order valence-electron chi connectivity index (χ4n) is 1.94. The second-order valence-corrected chi connectivity index (χ2v) is 5.24. The Labute approximate surface area is 124 Å². The fraction of sp³-hybridized carbons (Fsp3) is 0.467. The molecule has 0 atom stereocenters. The molecule has 0 heterocycles. The second kappa shape index (κ2) is 7.52. The van der Waals surface area contributed by atoms with Gasteiger partial charge in [-0.2, -0.15) is 0 Å². The van der Waals surface area contributed by atoms with Gasteiger partial charge < -0.3 is 20.5 Å². The maximum absolute atomic E-state index is 12.5. The van der Waals surface area contributed by atoms with Crippen LogP contribution >= 0.6 is 0 Å². The normalized spacial score (nSPS) is 10.5. The minimum atomic E-state index is -0.375. The number of phenols is 1. The quantitative estimate of drug-likeness (QED) is 0.472. The number of anilines is 1. The predicted molar refractivity (Wildman–Crippen MR) is 79.9 cm³/mol. The van der Waals surface area contributed by atoms with Crippen LogP contribution < -0.4 is 5.73 Å². The van der Waals surface area contributed by atoms with E-state index >= 15 is 0 Å². The fourth-order valence-corrected chi connectivity index (χ4v) is 1.94. The van der Waals surface area contributed by atoms with Crippen LogP contribution in [-0.2, 0) is 9.53 Å². The summed E-state index contributed by atoms with van der Waals surface area (Å²) in [5.74, 6) is -0.461. The minimum Gasteiger partial charge on any atom is -0.508 e. The van der Waals surface area contributed by atoms with E-state index in [9.17, 15) is 14.7 Å². The zero-order chi connectivity index (χ0) is 16.0. The van der Waals surface area contributed by atoms with Crippen molar-refractivity contribution in [2.24, 2.45) is 5.92 Å². The highest BCUT2D eigenvalue weighted by Crippen LogP contribution is 2.21. The number of benzene rings is 1. The van der Waals surface area contributed by atoms with Crippen LogP contribution in [0.2, 0.25) is 0 Å². The third-order valence-corrected chi connectivity index (χ3v) is 2.95. The van der Waals surface area contributed by atoms with Crippen LogP contribution in [0.15, 0.2) is 18.2 Å². The van der Waals surface area contributed by atoms with E-state index in [0.29, 0.717) is 12.2 Å². The van der Waals surface area contributed by atoms with Gasteiger partial charge in [-0.25, -0.2) is 0 Å². The summed E-state index contributed by atoms with van der Waals surface area (Å²) < 4.78 is 4.59. The molecule has 1 amide bonds. The number of aromatic hydroxyl groups is 1. The lowest BCUT2D eigenvalue weighted by Crippen LogP contribution is -2.36. The lowest BCUT2D eigenvalue weighted by atomic mass is 10.1. The van der Waals surface area contributed by atoms with E-state index in [2.05, 4.69) is 4.74 Å². The summed E-state index contributed by atoms with van der Waals surface area (Å²) >= 11 is 0. The molecule has 0 aliphatic rings. The summed E-state index contributed by atoms with van der Waals surface area (Å²) in [7, 11) is 1.31. The molecule has 1 aromatic carbocycles. The molecule has 3 N–H and O–H groups in total. The lowest BCUT2D eigenvalue weighted by Gasteiger charge is -2.25. The van der Waals surface area contributed by atoms with Crippen LogP contribution in [-0.4, -0.2) is 42.1 Å². The van der Waals surface area contributed by atoms with E-state index in [4.69, 9.17) is 5.73 Å². The highest BCUT2D eigenvalue weighted by Gasteiger charge is 2.20. The number of hydrogen-bond donors (Lipinski definition) is 2. The third-order valence-electron chi connectivity index (χ3n) is 2.95. The Morgan fingerprint density at radius 3 is 2.62 bits per heavy atom. The van der Waals surface area contributed by atoms with Gasteiger partial charge in [-0.3, -0.25) is 9.59 Å². The first-order chi connectivity index (χ1) is 9.85. The Hall–Kier alpha value is -2.24. The number of methoxy groups -OCH3 is 1. The molecular weight excluding hydrogens is 272 g/mol. The standard InChI is InChI=1S/C15H22N2O4/c1-10(2)9-17(7-6-14(19)21-3)15(20)12-8-11(18)4-5-13(12)16/h4-5,8,10,18H,6-7,9,16H2,1-3H3. The molecule has 6 heteroatoms. The number of phenolic OH excluding ortho intramolecular Hbond substituents is 1. The molecule has 0 radical (unpaired) electrons. The first kappa shape index (κ1) is 16.8. The summed E-state index contributed by atoms with van der Waals surface area (Å²) in [6.07, 6.45) is 0.119. The average molecular weight is 294 g/mol. The molecule has 0 spiro atoms. The highest BCUT2D eigenvalue weighted by molar-refractivity contribution is 5.99. The number of esters is 1. The number of nitrogen functional groups attached to an aromatic ring is 1. The third kappa shape index (κ3) is 4.98. The van der Waals surface area contributed by atoms with Crippen molar-refractivity contribution in [1.29, 1.82) is 0 Å². The number of amides is 1. The van der Waals surface area contributed by atoms with Gasteiger partial charge in [-0.1, -0.05) is 13.8 Å². The van der Waals surface area contributed by atoms with Crippen molar-refractivity contribution in [1.82, 2.24) is 4.90 Å². The van der Waals surface area contributed by atoms with Gasteiger partial charge in [0.25, 0.3) is 5.91 Å². The second-order valence-electron chi connectivity index (χ2n) is 5.24. The van der Waals surface area contributed by atoms with Crippen LogP contribution in [0.1, 0.15) is 30.6 Å². The topological polar surface area (TPSA) is 92.9 Å². The van der Waals surface area contributed by atoms with Crippen molar-refractivity contribution in [3.05, 3.63) is 23.8 Å². The molecule has 0 unspecified atom stereocenters. The molecule has 0 bridgehead atoms. The predicted octanol–water partition coefficient (Wildman–Crippen LogP) is 1.64. The molecule has 116 valence electrons. The number of carbonyl (C=O) groups is 2. The van der Waals surface area contributed by atoms with Crippen molar-refractivity contribution in [2.75, 3.05) is 25.9 Å². The number of ether oxygens (including phenoxy) is 1. The van der Waals surface area contributed by atoms with Crippen molar-refractivity contribution in [3.8, 4) is 5.75 Å². The SMILES string of the molecule is COC(=O)CCN(CC(C)C)C(=O)c1cc(O)ccc1N. The molecule has 0 aromatic heterocycles.